The number of benzene rings is 3. The lowest BCUT2D eigenvalue weighted by molar-refractivity contribution is 0.101. The van der Waals surface area contributed by atoms with Gasteiger partial charge in [0.1, 0.15) is 17.2 Å². The zero-order valence-corrected chi connectivity index (χ0v) is 11.5. The molecule has 0 unspecified atom stereocenters. The first-order valence-electron chi connectivity index (χ1n) is 6.63. The number of phenols is 1. The molecule has 3 rings (SSSR count). The number of ketones is 1. The van der Waals surface area contributed by atoms with Crippen molar-refractivity contribution in [2.75, 3.05) is 0 Å². The minimum Gasteiger partial charge on any atom is -0.508 e. The molecule has 0 saturated carbocycles. The molecular formula is C18H14O3. The number of Topliss-reactive ketones (excluding diaryl/α,β-unsaturated/α-hetero) is 1. The van der Waals surface area contributed by atoms with Crippen LogP contribution in [0.25, 0.3) is 10.8 Å². The van der Waals surface area contributed by atoms with Crippen molar-refractivity contribution in [2.45, 2.75) is 6.92 Å². The van der Waals surface area contributed by atoms with Gasteiger partial charge in [-0.25, -0.2) is 0 Å². The molecule has 0 radical (unpaired) electrons. The number of rotatable bonds is 3. The Kier molecular flexibility index (Phi) is 3.32. The quantitative estimate of drug-likeness (QED) is 0.715. The Bertz CT molecular complexity index is 804. The molecule has 0 aliphatic rings. The van der Waals surface area contributed by atoms with E-state index in [0.29, 0.717) is 17.1 Å². The summed E-state index contributed by atoms with van der Waals surface area (Å²) in [4.78, 5) is 11.2. The van der Waals surface area contributed by atoms with Crippen LogP contribution in [0.5, 0.6) is 17.2 Å². The molecule has 0 aromatic heterocycles. The zero-order chi connectivity index (χ0) is 14.8. The molecule has 0 atom stereocenters. The molecule has 3 aromatic carbocycles. The Morgan fingerprint density at radius 1 is 0.857 bits per heavy atom. The van der Waals surface area contributed by atoms with Crippen molar-refractivity contribution in [3.63, 3.8) is 0 Å². The minimum absolute atomic E-state index is 0.0303. The van der Waals surface area contributed by atoms with E-state index in [-0.39, 0.29) is 11.5 Å². The maximum atomic E-state index is 11.2. The molecule has 3 nitrogen and oxygen atoms in total. The van der Waals surface area contributed by atoms with Crippen LogP contribution in [0.3, 0.4) is 0 Å². The van der Waals surface area contributed by atoms with E-state index in [9.17, 15) is 9.90 Å². The predicted molar refractivity (Wildman–Crippen MR) is 82.1 cm³/mol. The second kappa shape index (κ2) is 5.29. The van der Waals surface area contributed by atoms with Gasteiger partial charge in [-0.1, -0.05) is 12.1 Å². The summed E-state index contributed by atoms with van der Waals surface area (Å²) in [6.07, 6.45) is 0. The van der Waals surface area contributed by atoms with Crippen LogP contribution < -0.4 is 4.74 Å². The molecule has 3 aromatic rings. The van der Waals surface area contributed by atoms with Crippen LogP contribution in [-0.4, -0.2) is 10.9 Å². The molecule has 0 aliphatic heterocycles. The molecule has 0 amide bonds. The van der Waals surface area contributed by atoms with Gasteiger partial charge in [0.2, 0.25) is 0 Å². The SMILES string of the molecule is CC(=O)c1ccc(Oc2ccc3ccc(O)cc3c2)cc1. The summed E-state index contributed by atoms with van der Waals surface area (Å²) in [5.74, 6) is 1.61. The summed E-state index contributed by atoms with van der Waals surface area (Å²) < 4.78 is 5.77. The zero-order valence-electron chi connectivity index (χ0n) is 11.5. The third-order valence-corrected chi connectivity index (χ3v) is 3.29. The average molecular weight is 278 g/mol. The third kappa shape index (κ3) is 2.87. The van der Waals surface area contributed by atoms with Crippen molar-refractivity contribution in [1.29, 1.82) is 0 Å². The van der Waals surface area contributed by atoms with Crippen molar-refractivity contribution >= 4 is 16.6 Å². The molecule has 0 heterocycles. The molecule has 0 fully saturated rings. The normalized spacial score (nSPS) is 10.5. The maximum Gasteiger partial charge on any atom is 0.159 e. The van der Waals surface area contributed by atoms with Gasteiger partial charge in [0.15, 0.2) is 5.78 Å². The number of phenolic OH excluding ortho intramolecular Hbond substituents is 1. The fraction of sp³-hybridized carbons (Fsp3) is 0.0556. The van der Waals surface area contributed by atoms with Gasteiger partial charge in [-0.05, 0) is 66.2 Å². The van der Waals surface area contributed by atoms with E-state index in [4.69, 9.17) is 4.74 Å². The Balaban J connectivity index is 1.88. The summed E-state index contributed by atoms with van der Waals surface area (Å²) in [5.41, 5.74) is 0.658. The Morgan fingerprint density at radius 3 is 2.24 bits per heavy atom. The number of carbonyl (C=O) groups excluding carboxylic acids is 1. The van der Waals surface area contributed by atoms with E-state index in [0.717, 1.165) is 10.8 Å². The van der Waals surface area contributed by atoms with Crippen molar-refractivity contribution in [1.82, 2.24) is 0 Å². The fourth-order valence-electron chi connectivity index (χ4n) is 2.17. The monoisotopic (exact) mass is 278 g/mol. The Morgan fingerprint density at radius 2 is 1.52 bits per heavy atom. The van der Waals surface area contributed by atoms with Crippen LogP contribution in [0.4, 0.5) is 0 Å². The molecule has 0 spiro atoms. The minimum atomic E-state index is 0.0303. The standard InChI is InChI=1S/C18H14O3/c1-12(19)13-3-7-17(8-4-13)21-18-9-5-14-2-6-16(20)10-15(14)11-18/h2-11,20H,1H3. The number of hydrogen-bond donors (Lipinski definition) is 1. The number of carbonyl (C=O) groups is 1. The second-order valence-electron chi connectivity index (χ2n) is 4.88. The van der Waals surface area contributed by atoms with Crippen LogP contribution in [0, 0.1) is 0 Å². The lowest BCUT2D eigenvalue weighted by Gasteiger charge is -2.07. The Hall–Kier alpha value is -2.81. The molecule has 3 heteroatoms. The molecule has 1 N–H and O–H groups in total. The molecule has 0 saturated heterocycles. The van der Waals surface area contributed by atoms with E-state index in [1.807, 2.05) is 24.3 Å². The third-order valence-electron chi connectivity index (χ3n) is 3.29. The van der Waals surface area contributed by atoms with Gasteiger partial charge < -0.3 is 9.84 Å². The first-order valence-corrected chi connectivity index (χ1v) is 6.63. The number of fused-ring (bicyclic) bond motifs is 1. The van der Waals surface area contributed by atoms with Gasteiger partial charge in [0.25, 0.3) is 0 Å². The topological polar surface area (TPSA) is 46.5 Å². The molecular weight excluding hydrogens is 264 g/mol. The molecule has 104 valence electrons. The van der Waals surface area contributed by atoms with Crippen LogP contribution >= 0.6 is 0 Å². The lowest BCUT2D eigenvalue weighted by Crippen LogP contribution is -1.91. The average Bonchev–Trinajstić information content (AvgIpc) is 2.47. The van der Waals surface area contributed by atoms with Crippen LogP contribution in [0.1, 0.15) is 17.3 Å². The molecule has 0 aliphatic carbocycles. The smallest absolute Gasteiger partial charge is 0.159 e. The first kappa shape index (κ1) is 13.2. The molecule has 0 bridgehead atoms. The van der Waals surface area contributed by atoms with E-state index in [2.05, 4.69) is 0 Å². The summed E-state index contributed by atoms with van der Waals surface area (Å²) in [5, 5.41) is 11.5. The lowest BCUT2D eigenvalue weighted by atomic mass is 10.1. The number of ether oxygens (including phenoxy) is 1. The highest BCUT2D eigenvalue weighted by Gasteiger charge is 2.02. The van der Waals surface area contributed by atoms with Crippen molar-refractivity contribution in [3.8, 4) is 17.2 Å². The van der Waals surface area contributed by atoms with E-state index < -0.39 is 0 Å². The maximum absolute atomic E-state index is 11.2. The highest BCUT2D eigenvalue weighted by atomic mass is 16.5. The predicted octanol–water partition coefficient (Wildman–Crippen LogP) is 4.54. The van der Waals surface area contributed by atoms with Crippen molar-refractivity contribution < 1.29 is 14.6 Å². The van der Waals surface area contributed by atoms with Crippen LogP contribution in [0.2, 0.25) is 0 Å². The number of aromatic hydroxyl groups is 1. The van der Waals surface area contributed by atoms with Crippen LogP contribution in [0.15, 0.2) is 60.7 Å². The molecule has 21 heavy (non-hydrogen) atoms. The summed E-state index contributed by atoms with van der Waals surface area (Å²) in [6.45, 7) is 1.53. The van der Waals surface area contributed by atoms with Gasteiger partial charge in [-0.15, -0.1) is 0 Å². The van der Waals surface area contributed by atoms with Gasteiger partial charge in [-0.3, -0.25) is 4.79 Å². The van der Waals surface area contributed by atoms with Gasteiger partial charge in [0, 0.05) is 5.56 Å². The van der Waals surface area contributed by atoms with Gasteiger partial charge in [0.05, 0.1) is 0 Å². The van der Waals surface area contributed by atoms with Crippen LogP contribution in [-0.2, 0) is 0 Å². The second-order valence-corrected chi connectivity index (χ2v) is 4.88. The van der Waals surface area contributed by atoms with E-state index in [1.54, 1.807) is 36.4 Å². The van der Waals surface area contributed by atoms with E-state index >= 15 is 0 Å². The highest BCUT2D eigenvalue weighted by molar-refractivity contribution is 5.94. The highest BCUT2D eigenvalue weighted by Crippen LogP contribution is 2.27. The fourth-order valence-corrected chi connectivity index (χ4v) is 2.17. The summed E-state index contributed by atoms with van der Waals surface area (Å²) in [7, 11) is 0. The first-order chi connectivity index (χ1) is 10.1. The summed E-state index contributed by atoms with van der Waals surface area (Å²) in [6, 6.07) is 17.9. The van der Waals surface area contributed by atoms with Crippen molar-refractivity contribution in [3.05, 3.63) is 66.2 Å². The van der Waals surface area contributed by atoms with E-state index in [1.165, 1.54) is 6.92 Å². The Labute approximate surface area is 122 Å². The largest absolute Gasteiger partial charge is 0.508 e. The van der Waals surface area contributed by atoms with Gasteiger partial charge >= 0.3 is 0 Å². The summed E-state index contributed by atoms with van der Waals surface area (Å²) >= 11 is 0. The van der Waals surface area contributed by atoms with Crippen molar-refractivity contribution in [2.24, 2.45) is 0 Å². The number of hydrogen-bond acceptors (Lipinski definition) is 3. The van der Waals surface area contributed by atoms with Gasteiger partial charge in [-0.2, -0.15) is 0 Å².